The Morgan fingerprint density at radius 1 is 1.35 bits per heavy atom. The maximum Gasteiger partial charge on any atom is 0.271 e. The van der Waals surface area contributed by atoms with Gasteiger partial charge in [-0.3, -0.25) is 4.79 Å². The second-order valence-corrected chi connectivity index (χ2v) is 7.83. The van der Waals surface area contributed by atoms with Crippen molar-refractivity contribution in [3.8, 4) is 0 Å². The summed E-state index contributed by atoms with van der Waals surface area (Å²) >= 11 is 6.18. The smallest absolute Gasteiger partial charge is 0.271 e. The molecule has 2 N–H and O–H groups in total. The Bertz CT molecular complexity index is 638. The Hall–Kier alpha value is -1.44. The summed E-state index contributed by atoms with van der Waals surface area (Å²) in [5.41, 5.74) is 0.249. The Morgan fingerprint density at radius 2 is 2.15 bits per heavy atom. The molecule has 0 aromatic carbocycles. The van der Waals surface area contributed by atoms with Gasteiger partial charge in [0.05, 0.1) is 24.4 Å². The SMILES string of the molecule is O=C(NC[C@@H]1C[C@@H]2CCCC[C@@H]2N1)c1nc(N2CCOCC2)ncc1Cl. The van der Waals surface area contributed by atoms with Crippen LogP contribution < -0.4 is 15.5 Å². The standard InChI is InChI=1S/C18H26ClN5O2/c19-14-11-21-18(24-5-7-26-8-6-24)23-16(14)17(25)20-10-13-9-12-3-1-2-4-15(12)22-13/h11-13,15,22H,1-10H2,(H,20,25)/t12-,13-,15-/m0/s1. The lowest BCUT2D eigenvalue weighted by atomic mass is 9.85. The minimum atomic E-state index is -0.233. The van der Waals surface area contributed by atoms with Gasteiger partial charge in [0.25, 0.3) is 5.91 Å². The highest BCUT2D eigenvalue weighted by Crippen LogP contribution is 2.33. The molecule has 2 aliphatic heterocycles. The molecule has 3 aliphatic rings. The van der Waals surface area contributed by atoms with Crippen LogP contribution in [0.1, 0.15) is 42.6 Å². The number of hydrogen-bond acceptors (Lipinski definition) is 6. The van der Waals surface area contributed by atoms with Crippen LogP contribution in [0.5, 0.6) is 0 Å². The number of fused-ring (bicyclic) bond motifs is 1. The summed E-state index contributed by atoms with van der Waals surface area (Å²) in [4.78, 5) is 23.3. The van der Waals surface area contributed by atoms with E-state index in [2.05, 4.69) is 20.6 Å². The van der Waals surface area contributed by atoms with Crippen LogP contribution in [0.25, 0.3) is 0 Å². The number of morpholine rings is 1. The fourth-order valence-corrected chi connectivity index (χ4v) is 4.50. The molecule has 0 unspecified atom stereocenters. The molecule has 4 rings (SSSR count). The van der Waals surface area contributed by atoms with Gasteiger partial charge in [-0.15, -0.1) is 0 Å². The van der Waals surface area contributed by atoms with Crippen molar-refractivity contribution >= 4 is 23.5 Å². The molecule has 3 heterocycles. The summed E-state index contributed by atoms with van der Waals surface area (Å²) in [5, 5.41) is 6.96. The van der Waals surface area contributed by atoms with Crippen LogP contribution in [0, 0.1) is 5.92 Å². The molecule has 0 spiro atoms. The third kappa shape index (κ3) is 3.94. The van der Waals surface area contributed by atoms with Crippen molar-refractivity contribution < 1.29 is 9.53 Å². The first-order chi connectivity index (χ1) is 12.7. The third-order valence-corrected chi connectivity index (χ3v) is 5.97. The van der Waals surface area contributed by atoms with E-state index in [-0.39, 0.29) is 16.6 Å². The van der Waals surface area contributed by atoms with Gasteiger partial charge in [0, 0.05) is 31.7 Å². The lowest BCUT2D eigenvalue weighted by Crippen LogP contribution is -2.41. The van der Waals surface area contributed by atoms with Gasteiger partial charge in [0.2, 0.25) is 5.95 Å². The predicted octanol–water partition coefficient (Wildman–Crippen LogP) is 1.62. The van der Waals surface area contributed by atoms with E-state index in [9.17, 15) is 4.79 Å². The third-order valence-electron chi connectivity index (χ3n) is 5.70. The molecule has 1 aliphatic carbocycles. The number of nitrogens with zero attached hydrogens (tertiary/aromatic N) is 3. The highest BCUT2D eigenvalue weighted by atomic mass is 35.5. The molecular weight excluding hydrogens is 354 g/mol. The minimum absolute atomic E-state index is 0.233. The topological polar surface area (TPSA) is 79.4 Å². The molecular formula is C18H26ClN5O2. The Labute approximate surface area is 158 Å². The zero-order valence-electron chi connectivity index (χ0n) is 14.9. The van der Waals surface area contributed by atoms with Crippen molar-refractivity contribution in [1.29, 1.82) is 0 Å². The summed E-state index contributed by atoms with van der Waals surface area (Å²) in [5.74, 6) is 1.07. The number of aromatic nitrogens is 2. The Balaban J connectivity index is 1.36. The van der Waals surface area contributed by atoms with E-state index in [1.165, 1.54) is 31.9 Å². The largest absolute Gasteiger partial charge is 0.378 e. The van der Waals surface area contributed by atoms with Gasteiger partial charge in [0.15, 0.2) is 5.69 Å². The number of halogens is 1. The van der Waals surface area contributed by atoms with Crippen LogP contribution >= 0.6 is 11.6 Å². The van der Waals surface area contributed by atoms with E-state index in [0.29, 0.717) is 37.8 Å². The Morgan fingerprint density at radius 3 is 2.96 bits per heavy atom. The van der Waals surface area contributed by atoms with E-state index in [4.69, 9.17) is 16.3 Å². The number of ether oxygens (including phenoxy) is 1. The van der Waals surface area contributed by atoms with E-state index < -0.39 is 0 Å². The fourth-order valence-electron chi connectivity index (χ4n) is 4.32. The molecule has 8 heteroatoms. The van der Waals surface area contributed by atoms with Crippen molar-refractivity contribution in [2.75, 3.05) is 37.7 Å². The highest BCUT2D eigenvalue weighted by molar-refractivity contribution is 6.33. The van der Waals surface area contributed by atoms with Crippen molar-refractivity contribution in [2.45, 2.75) is 44.2 Å². The first kappa shape index (κ1) is 17.9. The maximum absolute atomic E-state index is 12.6. The van der Waals surface area contributed by atoms with E-state index in [1.54, 1.807) is 0 Å². The predicted molar refractivity (Wildman–Crippen MR) is 99.7 cm³/mol. The van der Waals surface area contributed by atoms with E-state index >= 15 is 0 Å². The summed E-state index contributed by atoms with van der Waals surface area (Å²) < 4.78 is 5.35. The quantitative estimate of drug-likeness (QED) is 0.827. The first-order valence-corrected chi connectivity index (χ1v) is 9.98. The summed E-state index contributed by atoms with van der Waals surface area (Å²) in [7, 11) is 0. The molecule has 0 bridgehead atoms. The molecule has 2 saturated heterocycles. The number of carbonyl (C=O) groups is 1. The number of rotatable bonds is 4. The van der Waals surface area contributed by atoms with Crippen LogP contribution in [0.2, 0.25) is 5.02 Å². The number of hydrogen-bond donors (Lipinski definition) is 2. The number of anilines is 1. The molecule has 3 fully saturated rings. The molecule has 3 atom stereocenters. The Kier molecular flexibility index (Phi) is 5.57. The monoisotopic (exact) mass is 379 g/mol. The maximum atomic E-state index is 12.6. The second kappa shape index (κ2) is 8.06. The molecule has 26 heavy (non-hydrogen) atoms. The first-order valence-electron chi connectivity index (χ1n) is 9.60. The molecule has 1 aromatic heterocycles. The van der Waals surface area contributed by atoms with E-state index in [1.807, 2.05) is 4.90 Å². The molecule has 7 nitrogen and oxygen atoms in total. The molecule has 1 amide bonds. The molecule has 142 valence electrons. The summed E-state index contributed by atoms with van der Waals surface area (Å²) in [6.45, 7) is 3.33. The average molecular weight is 380 g/mol. The zero-order valence-corrected chi connectivity index (χ0v) is 15.7. The van der Waals surface area contributed by atoms with Gasteiger partial charge >= 0.3 is 0 Å². The zero-order chi connectivity index (χ0) is 17.9. The number of carbonyl (C=O) groups excluding carboxylic acids is 1. The van der Waals surface area contributed by atoms with Gasteiger partial charge in [-0.2, -0.15) is 0 Å². The van der Waals surface area contributed by atoms with Crippen molar-refractivity contribution in [2.24, 2.45) is 5.92 Å². The number of nitrogens with one attached hydrogen (secondary N) is 2. The molecule has 1 saturated carbocycles. The molecule has 1 aromatic rings. The van der Waals surface area contributed by atoms with Crippen molar-refractivity contribution in [3.05, 3.63) is 16.9 Å². The van der Waals surface area contributed by atoms with Crippen LogP contribution in [-0.2, 0) is 4.74 Å². The van der Waals surface area contributed by atoms with Gasteiger partial charge in [-0.1, -0.05) is 24.4 Å². The van der Waals surface area contributed by atoms with Crippen LogP contribution in [0.3, 0.4) is 0 Å². The van der Waals surface area contributed by atoms with Gasteiger partial charge in [0.1, 0.15) is 0 Å². The van der Waals surface area contributed by atoms with E-state index in [0.717, 1.165) is 25.4 Å². The van der Waals surface area contributed by atoms with Crippen LogP contribution in [0.15, 0.2) is 6.20 Å². The fraction of sp³-hybridized carbons (Fsp3) is 0.722. The van der Waals surface area contributed by atoms with Gasteiger partial charge in [-0.05, 0) is 25.2 Å². The summed E-state index contributed by atoms with van der Waals surface area (Å²) in [6.07, 6.45) is 7.87. The molecule has 0 radical (unpaired) electrons. The van der Waals surface area contributed by atoms with Gasteiger partial charge < -0.3 is 20.3 Å². The van der Waals surface area contributed by atoms with Crippen LogP contribution in [-0.4, -0.2) is 60.8 Å². The van der Waals surface area contributed by atoms with Crippen molar-refractivity contribution in [3.63, 3.8) is 0 Å². The van der Waals surface area contributed by atoms with Crippen molar-refractivity contribution in [1.82, 2.24) is 20.6 Å². The average Bonchev–Trinajstić information content (AvgIpc) is 3.10. The second-order valence-electron chi connectivity index (χ2n) is 7.43. The number of amides is 1. The normalized spacial score (nSPS) is 28.7. The lowest BCUT2D eigenvalue weighted by Gasteiger charge is -2.26. The highest BCUT2D eigenvalue weighted by Gasteiger charge is 2.35. The summed E-state index contributed by atoms with van der Waals surface area (Å²) in [6, 6.07) is 0.965. The van der Waals surface area contributed by atoms with Gasteiger partial charge in [-0.25, -0.2) is 9.97 Å². The lowest BCUT2D eigenvalue weighted by molar-refractivity contribution is 0.0945. The minimum Gasteiger partial charge on any atom is -0.378 e. The van der Waals surface area contributed by atoms with Crippen LogP contribution in [0.4, 0.5) is 5.95 Å².